The Hall–Kier alpha value is -1.82. The van der Waals surface area contributed by atoms with Crippen molar-refractivity contribution in [1.29, 1.82) is 0 Å². The first kappa shape index (κ1) is 11.7. The number of hydrogen-bond acceptors (Lipinski definition) is 5. The molecule has 1 aliphatic rings. The zero-order valence-electron chi connectivity index (χ0n) is 9.33. The number of esters is 1. The lowest BCUT2D eigenvalue weighted by molar-refractivity contribution is -0.145. The molecule has 0 aliphatic carbocycles. The van der Waals surface area contributed by atoms with Gasteiger partial charge in [-0.15, -0.1) is 0 Å². The Balaban J connectivity index is 2.18. The van der Waals surface area contributed by atoms with E-state index in [9.17, 15) is 14.7 Å². The van der Waals surface area contributed by atoms with E-state index in [1.54, 1.807) is 6.07 Å². The lowest BCUT2D eigenvalue weighted by Gasteiger charge is -2.20. The van der Waals surface area contributed by atoms with Crippen LogP contribution in [-0.4, -0.2) is 47.7 Å². The van der Waals surface area contributed by atoms with E-state index in [-0.39, 0.29) is 18.7 Å². The molecule has 1 amide bonds. The van der Waals surface area contributed by atoms with Gasteiger partial charge in [0.15, 0.2) is 5.76 Å². The molecule has 6 nitrogen and oxygen atoms in total. The molecule has 2 heterocycles. The summed E-state index contributed by atoms with van der Waals surface area (Å²) in [5, 5.41) is 9.53. The number of carbonyl (C=O) groups excluding carboxylic acids is 2. The fraction of sp³-hybridized carbons (Fsp3) is 0.455. The molecule has 0 bridgehead atoms. The molecular formula is C11H13NO5. The van der Waals surface area contributed by atoms with Gasteiger partial charge < -0.3 is 19.2 Å². The molecule has 6 heteroatoms. The molecule has 1 aromatic rings. The Morgan fingerprint density at radius 2 is 2.35 bits per heavy atom. The van der Waals surface area contributed by atoms with Crippen molar-refractivity contribution in [1.82, 2.24) is 4.90 Å². The van der Waals surface area contributed by atoms with E-state index in [0.717, 1.165) is 0 Å². The summed E-state index contributed by atoms with van der Waals surface area (Å²) in [6.07, 6.45) is 0.865. The normalized spacial score (nSPS) is 23.8. The van der Waals surface area contributed by atoms with Crippen molar-refractivity contribution in [3.8, 4) is 0 Å². The van der Waals surface area contributed by atoms with Crippen molar-refractivity contribution in [2.24, 2.45) is 0 Å². The third-order valence-corrected chi connectivity index (χ3v) is 2.75. The second-order valence-electron chi connectivity index (χ2n) is 3.86. The van der Waals surface area contributed by atoms with Crippen LogP contribution in [0.2, 0.25) is 0 Å². The van der Waals surface area contributed by atoms with Gasteiger partial charge in [0.2, 0.25) is 0 Å². The number of methoxy groups -OCH3 is 1. The first-order chi connectivity index (χ1) is 8.13. The molecule has 92 valence electrons. The predicted molar refractivity (Wildman–Crippen MR) is 56.2 cm³/mol. The van der Waals surface area contributed by atoms with Gasteiger partial charge in [0.25, 0.3) is 5.91 Å². The molecule has 1 aromatic heterocycles. The predicted octanol–water partition coefficient (Wildman–Crippen LogP) is 0.0280. The van der Waals surface area contributed by atoms with Crippen LogP contribution >= 0.6 is 0 Å². The Labute approximate surface area is 97.8 Å². The van der Waals surface area contributed by atoms with Gasteiger partial charge in [0, 0.05) is 13.0 Å². The highest BCUT2D eigenvalue weighted by Crippen LogP contribution is 2.21. The zero-order chi connectivity index (χ0) is 12.4. The number of likely N-dealkylation sites (tertiary alicyclic amines) is 1. The topological polar surface area (TPSA) is 80.0 Å². The highest BCUT2D eigenvalue weighted by molar-refractivity contribution is 5.95. The van der Waals surface area contributed by atoms with Crippen LogP contribution in [0.4, 0.5) is 0 Å². The summed E-state index contributed by atoms with van der Waals surface area (Å²) in [6.45, 7) is 0.110. The van der Waals surface area contributed by atoms with Crippen molar-refractivity contribution in [2.75, 3.05) is 13.7 Å². The number of rotatable bonds is 2. The van der Waals surface area contributed by atoms with Gasteiger partial charge in [-0.05, 0) is 12.1 Å². The minimum absolute atomic E-state index is 0.110. The van der Waals surface area contributed by atoms with E-state index in [4.69, 9.17) is 4.42 Å². The van der Waals surface area contributed by atoms with E-state index >= 15 is 0 Å². The number of aliphatic hydroxyl groups is 1. The van der Waals surface area contributed by atoms with Crippen molar-refractivity contribution < 1.29 is 23.8 Å². The Bertz CT molecular complexity index is 414. The molecule has 2 rings (SSSR count). The fourth-order valence-electron chi connectivity index (χ4n) is 1.94. The number of carbonyl (C=O) groups is 2. The summed E-state index contributed by atoms with van der Waals surface area (Å²) in [5.74, 6) is -0.795. The van der Waals surface area contributed by atoms with E-state index in [1.807, 2.05) is 0 Å². The van der Waals surface area contributed by atoms with Crippen LogP contribution in [0.3, 0.4) is 0 Å². The van der Waals surface area contributed by atoms with E-state index in [2.05, 4.69) is 4.74 Å². The molecule has 0 aromatic carbocycles. The SMILES string of the molecule is COC(=O)[C@H]1C[C@@H](O)CN1C(=O)c1ccco1. The number of nitrogens with zero attached hydrogens (tertiary/aromatic N) is 1. The van der Waals surface area contributed by atoms with Crippen LogP contribution in [0.25, 0.3) is 0 Å². The summed E-state index contributed by atoms with van der Waals surface area (Å²) >= 11 is 0. The maximum atomic E-state index is 12.0. The number of aliphatic hydroxyl groups excluding tert-OH is 1. The molecule has 1 aliphatic heterocycles. The molecule has 17 heavy (non-hydrogen) atoms. The van der Waals surface area contributed by atoms with E-state index in [1.165, 1.54) is 24.3 Å². The monoisotopic (exact) mass is 239 g/mol. The van der Waals surface area contributed by atoms with Crippen LogP contribution in [-0.2, 0) is 9.53 Å². The Morgan fingerprint density at radius 1 is 1.59 bits per heavy atom. The number of hydrogen-bond donors (Lipinski definition) is 1. The standard InChI is InChI=1S/C11H13NO5/c1-16-11(15)8-5-7(13)6-12(8)10(14)9-3-2-4-17-9/h2-4,7-8,13H,5-6H2,1H3/t7-,8-/m1/s1. The lowest BCUT2D eigenvalue weighted by atomic mass is 10.2. The van der Waals surface area contributed by atoms with Crippen molar-refractivity contribution in [2.45, 2.75) is 18.6 Å². The third-order valence-electron chi connectivity index (χ3n) is 2.75. The third kappa shape index (κ3) is 2.16. The Kier molecular flexibility index (Phi) is 3.14. The van der Waals surface area contributed by atoms with Crippen LogP contribution in [0.15, 0.2) is 22.8 Å². The van der Waals surface area contributed by atoms with Gasteiger partial charge in [0.05, 0.1) is 19.5 Å². The number of amides is 1. The highest BCUT2D eigenvalue weighted by atomic mass is 16.5. The average molecular weight is 239 g/mol. The molecule has 1 N–H and O–H groups in total. The second kappa shape index (κ2) is 4.58. The zero-order valence-corrected chi connectivity index (χ0v) is 9.33. The first-order valence-electron chi connectivity index (χ1n) is 5.24. The second-order valence-corrected chi connectivity index (χ2v) is 3.86. The van der Waals surface area contributed by atoms with E-state index in [0.29, 0.717) is 0 Å². The molecule has 0 radical (unpaired) electrons. The first-order valence-corrected chi connectivity index (χ1v) is 5.24. The summed E-state index contributed by atoms with van der Waals surface area (Å²) in [4.78, 5) is 24.8. The minimum atomic E-state index is -0.743. The summed E-state index contributed by atoms with van der Waals surface area (Å²) in [6, 6.07) is 2.36. The number of β-amino-alcohol motifs (C(OH)–C–C–N with tert-alkyl or cyclic N) is 1. The summed E-state index contributed by atoms with van der Waals surface area (Å²) in [7, 11) is 1.25. The smallest absolute Gasteiger partial charge is 0.328 e. The van der Waals surface area contributed by atoms with Crippen molar-refractivity contribution in [3.63, 3.8) is 0 Å². The number of ether oxygens (including phenoxy) is 1. The highest BCUT2D eigenvalue weighted by Gasteiger charge is 2.40. The van der Waals surface area contributed by atoms with Gasteiger partial charge in [-0.25, -0.2) is 4.79 Å². The summed E-state index contributed by atoms with van der Waals surface area (Å²) in [5.41, 5.74) is 0. The van der Waals surface area contributed by atoms with E-state index < -0.39 is 24.0 Å². The molecule has 1 fully saturated rings. The molecular weight excluding hydrogens is 226 g/mol. The number of furan rings is 1. The van der Waals surface area contributed by atoms with Crippen LogP contribution in [0.5, 0.6) is 0 Å². The molecule has 2 atom stereocenters. The van der Waals surface area contributed by atoms with Crippen molar-refractivity contribution >= 4 is 11.9 Å². The molecule has 0 saturated carbocycles. The van der Waals surface area contributed by atoms with Gasteiger partial charge >= 0.3 is 5.97 Å². The molecule has 0 spiro atoms. The fourth-order valence-corrected chi connectivity index (χ4v) is 1.94. The quantitative estimate of drug-likeness (QED) is 0.736. The summed E-state index contributed by atoms with van der Waals surface area (Å²) < 4.78 is 9.59. The van der Waals surface area contributed by atoms with Gasteiger partial charge in [0.1, 0.15) is 6.04 Å². The van der Waals surface area contributed by atoms with Gasteiger partial charge in [-0.2, -0.15) is 0 Å². The maximum absolute atomic E-state index is 12.0. The van der Waals surface area contributed by atoms with Crippen LogP contribution in [0.1, 0.15) is 17.0 Å². The van der Waals surface area contributed by atoms with Crippen LogP contribution in [0, 0.1) is 0 Å². The molecule has 0 unspecified atom stereocenters. The molecule has 1 saturated heterocycles. The average Bonchev–Trinajstić information content (AvgIpc) is 2.95. The Morgan fingerprint density at radius 3 is 2.94 bits per heavy atom. The maximum Gasteiger partial charge on any atom is 0.328 e. The largest absolute Gasteiger partial charge is 0.467 e. The van der Waals surface area contributed by atoms with Crippen LogP contribution < -0.4 is 0 Å². The van der Waals surface area contributed by atoms with Gasteiger partial charge in [-0.3, -0.25) is 4.79 Å². The minimum Gasteiger partial charge on any atom is -0.467 e. The van der Waals surface area contributed by atoms with Crippen molar-refractivity contribution in [3.05, 3.63) is 24.2 Å². The van der Waals surface area contributed by atoms with Gasteiger partial charge in [-0.1, -0.05) is 0 Å². The lowest BCUT2D eigenvalue weighted by Crippen LogP contribution is -2.41.